The molecular weight excluding hydrogens is 226 g/mol. The summed E-state index contributed by atoms with van der Waals surface area (Å²) in [5.74, 6) is 0.509. The third kappa shape index (κ3) is 2.77. The van der Waals surface area contributed by atoms with Crippen molar-refractivity contribution in [3.05, 3.63) is 53.9 Å². The number of hydrogen-bond donors (Lipinski definition) is 1. The summed E-state index contributed by atoms with van der Waals surface area (Å²) < 4.78 is 5.55. The van der Waals surface area contributed by atoms with Crippen molar-refractivity contribution < 1.29 is 4.74 Å². The van der Waals surface area contributed by atoms with E-state index in [4.69, 9.17) is 15.7 Å². The fourth-order valence-corrected chi connectivity index (χ4v) is 1.62. The van der Waals surface area contributed by atoms with Crippen molar-refractivity contribution >= 4 is 5.69 Å². The molecule has 0 saturated carbocycles. The Morgan fingerprint density at radius 1 is 1.22 bits per heavy atom. The van der Waals surface area contributed by atoms with Crippen molar-refractivity contribution in [2.24, 2.45) is 0 Å². The molecule has 0 spiro atoms. The van der Waals surface area contributed by atoms with Gasteiger partial charge in [-0.15, -0.1) is 0 Å². The molecule has 0 aliphatic rings. The summed E-state index contributed by atoms with van der Waals surface area (Å²) in [5, 5.41) is 8.87. The van der Waals surface area contributed by atoms with Crippen LogP contribution < -0.4 is 10.5 Å². The van der Waals surface area contributed by atoms with E-state index in [1.165, 1.54) is 0 Å². The highest BCUT2D eigenvalue weighted by atomic mass is 16.5. The molecule has 4 heteroatoms. The number of rotatable bonds is 4. The van der Waals surface area contributed by atoms with Gasteiger partial charge in [0, 0.05) is 18.3 Å². The molecule has 0 aliphatic heterocycles. The molecule has 2 rings (SSSR count). The van der Waals surface area contributed by atoms with Crippen LogP contribution in [0.1, 0.15) is 11.3 Å². The van der Waals surface area contributed by atoms with Gasteiger partial charge in [-0.3, -0.25) is 0 Å². The minimum atomic E-state index is 0.304. The molecule has 0 saturated heterocycles. The number of hydrogen-bond acceptors (Lipinski definition) is 4. The third-order valence-electron chi connectivity index (χ3n) is 2.56. The van der Waals surface area contributed by atoms with Gasteiger partial charge < -0.3 is 10.5 Å². The molecule has 4 nitrogen and oxygen atoms in total. The van der Waals surface area contributed by atoms with Crippen LogP contribution in [0.25, 0.3) is 0 Å². The van der Waals surface area contributed by atoms with Gasteiger partial charge in [-0.25, -0.2) is 4.98 Å². The Morgan fingerprint density at radius 3 is 2.83 bits per heavy atom. The predicted octanol–water partition coefficient (Wildman–Crippen LogP) is 2.16. The fourth-order valence-electron chi connectivity index (χ4n) is 1.62. The molecule has 2 aromatic rings. The van der Waals surface area contributed by atoms with Crippen LogP contribution in [0.5, 0.6) is 5.75 Å². The maximum atomic E-state index is 8.87. The average Bonchev–Trinajstić information content (AvgIpc) is 2.41. The highest BCUT2D eigenvalue weighted by Gasteiger charge is 2.04. The van der Waals surface area contributed by atoms with Crippen LogP contribution in [0.2, 0.25) is 0 Å². The fraction of sp³-hybridized carbons (Fsp3) is 0.143. The van der Waals surface area contributed by atoms with Gasteiger partial charge in [-0.2, -0.15) is 5.26 Å². The van der Waals surface area contributed by atoms with Crippen LogP contribution in [0.4, 0.5) is 5.69 Å². The molecule has 1 heterocycles. The third-order valence-corrected chi connectivity index (χ3v) is 2.56. The SMILES string of the molecule is N#Cc1ncccc1OCCc1ccccc1N. The van der Waals surface area contributed by atoms with Crippen molar-refractivity contribution in [1.82, 2.24) is 4.98 Å². The molecular formula is C14H13N3O. The Balaban J connectivity index is 1.97. The second-order valence-corrected chi connectivity index (χ2v) is 3.76. The summed E-state index contributed by atoms with van der Waals surface area (Å²) in [6, 6.07) is 13.1. The Kier molecular flexibility index (Phi) is 3.77. The summed E-state index contributed by atoms with van der Waals surface area (Å²) in [6.07, 6.45) is 2.27. The van der Waals surface area contributed by atoms with E-state index in [9.17, 15) is 0 Å². The van der Waals surface area contributed by atoms with Gasteiger partial charge in [0.15, 0.2) is 11.4 Å². The molecule has 0 atom stereocenters. The van der Waals surface area contributed by atoms with Crippen molar-refractivity contribution in [1.29, 1.82) is 5.26 Å². The van der Waals surface area contributed by atoms with Gasteiger partial charge in [0.25, 0.3) is 0 Å². The lowest BCUT2D eigenvalue weighted by Gasteiger charge is -2.08. The first-order valence-corrected chi connectivity index (χ1v) is 5.62. The normalized spacial score (nSPS) is 9.72. The van der Waals surface area contributed by atoms with E-state index in [1.54, 1.807) is 18.3 Å². The largest absolute Gasteiger partial charge is 0.490 e. The predicted molar refractivity (Wildman–Crippen MR) is 69.0 cm³/mol. The standard InChI is InChI=1S/C14H13N3O/c15-10-13-14(6-3-8-17-13)18-9-7-11-4-1-2-5-12(11)16/h1-6,8H,7,9,16H2. The number of aromatic nitrogens is 1. The summed E-state index contributed by atoms with van der Waals surface area (Å²) in [6.45, 7) is 0.467. The van der Waals surface area contributed by atoms with Gasteiger partial charge in [-0.1, -0.05) is 18.2 Å². The first-order valence-electron chi connectivity index (χ1n) is 5.62. The van der Waals surface area contributed by atoms with Crippen LogP contribution >= 0.6 is 0 Å². The van der Waals surface area contributed by atoms with E-state index < -0.39 is 0 Å². The molecule has 0 fully saturated rings. The zero-order valence-corrected chi connectivity index (χ0v) is 9.84. The number of anilines is 1. The Morgan fingerprint density at radius 2 is 2.06 bits per heavy atom. The van der Waals surface area contributed by atoms with Gasteiger partial charge in [0.05, 0.1) is 6.61 Å². The number of benzene rings is 1. The first-order chi connectivity index (χ1) is 8.81. The number of nitrogens with two attached hydrogens (primary N) is 1. The van der Waals surface area contributed by atoms with Crippen LogP contribution in [-0.2, 0) is 6.42 Å². The summed E-state index contributed by atoms with van der Waals surface area (Å²) in [4.78, 5) is 3.93. The Labute approximate surface area is 106 Å². The molecule has 90 valence electrons. The summed E-state index contributed by atoms with van der Waals surface area (Å²) in [5.41, 5.74) is 7.94. The van der Waals surface area contributed by atoms with E-state index in [0.29, 0.717) is 24.5 Å². The molecule has 0 radical (unpaired) electrons. The van der Waals surface area contributed by atoms with E-state index in [2.05, 4.69) is 4.98 Å². The van der Waals surface area contributed by atoms with Gasteiger partial charge in [0.1, 0.15) is 6.07 Å². The monoisotopic (exact) mass is 239 g/mol. The van der Waals surface area contributed by atoms with Crippen LogP contribution in [0.15, 0.2) is 42.6 Å². The maximum Gasteiger partial charge on any atom is 0.182 e. The van der Waals surface area contributed by atoms with Crippen molar-refractivity contribution in [3.63, 3.8) is 0 Å². The molecule has 2 N–H and O–H groups in total. The average molecular weight is 239 g/mol. The molecule has 0 amide bonds. The van der Waals surface area contributed by atoms with E-state index in [-0.39, 0.29) is 0 Å². The zero-order valence-electron chi connectivity index (χ0n) is 9.84. The van der Waals surface area contributed by atoms with Gasteiger partial charge in [-0.05, 0) is 23.8 Å². The lowest BCUT2D eigenvalue weighted by Crippen LogP contribution is -2.05. The van der Waals surface area contributed by atoms with Crippen LogP contribution in [0, 0.1) is 11.3 Å². The number of nitrogens with zero attached hydrogens (tertiary/aromatic N) is 2. The maximum absolute atomic E-state index is 8.87. The molecule has 1 aromatic carbocycles. The highest BCUT2D eigenvalue weighted by Crippen LogP contribution is 2.16. The van der Waals surface area contributed by atoms with Crippen molar-refractivity contribution in [3.8, 4) is 11.8 Å². The summed E-state index contributed by atoms with van der Waals surface area (Å²) >= 11 is 0. The number of para-hydroxylation sites is 1. The molecule has 0 aliphatic carbocycles. The lowest BCUT2D eigenvalue weighted by molar-refractivity contribution is 0.320. The second kappa shape index (κ2) is 5.69. The van der Waals surface area contributed by atoms with Crippen LogP contribution in [0.3, 0.4) is 0 Å². The minimum Gasteiger partial charge on any atom is -0.490 e. The summed E-state index contributed by atoms with van der Waals surface area (Å²) in [7, 11) is 0. The minimum absolute atomic E-state index is 0.304. The number of nitrogen functional groups attached to an aromatic ring is 1. The number of pyridine rings is 1. The van der Waals surface area contributed by atoms with Crippen molar-refractivity contribution in [2.45, 2.75) is 6.42 Å². The highest BCUT2D eigenvalue weighted by molar-refractivity contribution is 5.46. The lowest BCUT2D eigenvalue weighted by atomic mass is 10.1. The quantitative estimate of drug-likeness (QED) is 0.830. The molecule has 0 bridgehead atoms. The number of nitriles is 1. The van der Waals surface area contributed by atoms with E-state index in [0.717, 1.165) is 11.3 Å². The molecule has 0 unspecified atom stereocenters. The Hall–Kier alpha value is -2.54. The van der Waals surface area contributed by atoms with Gasteiger partial charge in [0.2, 0.25) is 0 Å². The van der Waals surface area contributed by atoms with Gasteiger partial charge >= 0.3 is 0 Å². The van der Waals surface area contributed by atoms with E-state index in [1.807, 2.05) is 30.3 Å². The zero-order chi connectivity index (χ0) is 12.8. The molecule has 1 aromatic heterocycles. The second-order valence-electron chi connectivity index (χ2n) is 3.76. The van der Waals surface area contributed by atoms with E-state index >= 15 is 0 Å². The first kappa shape index (κ1) is 11.9. The molecule has 18 heavy (non-hydrogen) atoms. The smallest absolute Gasteiger partial charge is 0.182 e. The Bertz CT molecular complexity index is 575. The number of ether oxygens (including phenoxy) is 1. The van der Waals surface area contributed by atoms with Crippen molar-refractivity contribution in [2.75, 3.05) is 12.3 Å². The van der Waals surface area contributed by atoms with Crippen LogP contribution in [-0.4, -0.2) is 11.6 Å². The topological polar surface area (TPSA) is 71.9 Å².